The van der Waals surface area contributed by atoms with Crippen LogP contribution in [0.1, 0.15) is 5.56 Å². The van der Waals surface area contributed by atoms with E-state index in [2.05, 4.69) is 15.8 Å². The molecule has 2 N–H and O–H groups in total. The smallest absolute Gasteiger partial charge is 0.287 e. The maximum Gasteiger partial charge on any atom is 0.287 e. The summed E-state index contributed by atoms with van der Waals surface area (Å²) < 4.78 is 0. The molecule has 0 aliphatic carbocycles. The van der Waals surface area contributed by atoms with Crippen molar-refractivity contribution in [1.29, 1.82) is 0 Å². The zero-order chi connectivity index (χ0) is 14.4. The van der Waals surface area contributed by atoms with Crippen LogP contribution >= 0.6 is 11.6 Å². The van der Waals surface area contributed by atoms with Gasteiger partial charge in [0.2, 0.25) is 5.17 Å². The van der Waals surface area contributed by atoms with Crippen molar-refractivity contribution in [1.82, 2.24) is 0 Å². The van der Waals surface area contributed by atoms with E-state index < -0.39 is 5.91 Å². The summed E-state index contributed by atoms with van der Waals surface area (Å²) in [7, 11) is 0. The molecular weight excluding hydrogens is 274 g/mol. The van der Waals surface area contributed by atoms with E-state index in [4.69, 9.17) is 11.6 Å². The summed E-state index contributed by atoms with van der Waals surface area (Å²) in [6.07, 6.45) is 0. The summed E-state index contributed by atoms with van der Waals surface area (Å²) in [5.74, 6) is -0.460. The first-order valence-corrected chi connectivity index (χ1v) is 6.45. The van der Waals surface area contributed by atoms with Gasteiger partial charge in [0.05, 0.1) is 5.69 Å². The van der Waals surface area contributed by atoms with Crippen molar-refractivity contribution in [2.75, 3.05) is 10.7 Å². The third-order valence-electron chi connectivity index (χ3n) is 2.52. The van der Waals surface area contributed by atoms with Crippen LogP contribution in [0, 0.1) is 6.92 Å². The van der Waals surface area contributed by atoms with E-state index >= 15 is 0 Å². The van der Waals surface area contributed by atoms with Crippen molar-refractivity contribution in [2.45, 2.75) is 6.92 Å². The van der Waals surface area contributed by atoms with Crippen LogP contribution in [0.2, 0.25) is 0 Å². The van der Waals surface area contributed by atoms with Gasteiger partial charge in [0.15, 0.2) is 0 Å². The molecule has 102 valence electrons. The maximum absolute atomic E-state index is 11.8. The van der Waals surface area contributed by atoms with Gasteiger partial charge in [0.25, 0.3) is 5.91 Å². The van der Waals surface area contributed by atoms with Crippen LogP contribution in [0.15, 0.2) is 59.7 Å². The van der Waals surface area contributed by atoms with Crippen molar-refractivity contribution >= 4 is 34.1 Å². The fraction of sp³-hybridized carbons (Fsp3) is 0.0667. The fourth-order valence-electron chi connectivity index (χ4n) is 1.58. The van der Waals surface area contributed by atoms with E-state index in [9.17, 15) is 4.79 Å². The first-order chi connectivity index (χ1) is 9.65. The molecule has 0 spiro atoms. The van der Waals surface area contributed by atoms with Crippen LogP contribution in [0.5, 0.6) is 0 Å². The molecule has 4 nitrogen and oxygen atoms in total. The minimum atomic E-state index is -0.460. The number of nitrogens with zero attached hydrogens (tertiary/aromatic N) is 1. The fourth-order valence-corrected chi connectivity index (χ4v) is 1.67. The van der Waals surface area contributed by atoms with Crippen LogP contribution in [0.4, 0.5) is 11.4 Å². The number of rotatable bonds is 4. The molecule has 0 aliphatic heterocycles. The number of carbonyl (C=O) groups is 1. The number of hydrazone groups is 1. The van der Waals surface area contributed by atoms with E-state index in [0.29, 0.717) is 5.69 Å². The molecule has 0 saturated carbocycles. The first-order valence-electron chi connectivity index (χ1n) is 6.07. The monoisotopic (exact) mass is 287 g/mol. The molecule has 0 fully saturated rings. The van der Waals surface area contributed by atoms with Crippen molar-refractivity contribution in [3.8, 4) is 0 Å². The molecule has 0 heterocycles. The third kappa shape index (κ3) is 4.10. The highest BCUT2D eigenvalue weighted by Crippen LogP contribution is 2.10. The van der Waals surface area contributed by atoms with Crippen LogP contribution in [-0.4, -0.2) is 11.1 Å². The molecule has 20 heavy (non-hydrogen) atoms. The Kier molecular flexibility index (Phi) is 4.74. The molecule has 0 aliphatic rings. The first kappa shape index (κ1) is 14.1. The number of nitrogens with one attached hydrogen (secondary N) is 2. The Bertz CT molecular complexity index is 626. The molecule has 1 amide bonds. The van der Waals surface area contributed by atoms with Gasteiger partial charge in [0, 0.05) is 5.69 Å². The van der Waals surface area contributed by atoms with Crippen molar-refractivity contribution < 1.29 is 4.79 Å². The summed E-state index contributed by atoms with van der Waals surface area (Å²) in [6, 6.07) is 16.7. The van der Waals surface area contributed by atoms with Crippen molar-refractivity contribution in [2.24, 2.45) is 5.10 Å². The number of amides is 1. The van der Waals surface area contributed by atoms with E-state index in [-0.39, 0.29) is 5.17 Å². The van der Waals surface area contributed by atoms with Crippen LogP contribution < -0.4 is 10.7 Å². The summed E-state index contributed by atoms with van der Waals surface area (Å²) in [6.45, 7) is 1.97. The molecule has 0 bridgehead atoms. The van der Waals surface area contributed by atoms with E-state index in [1.807, 2.05) is 49.4 Å². The van der Waals surface area contributed by atoms with Crippen molar-refractivity contribution in [3.63, 3.8) is 0 Å². The van der Waals surface area contributed by atoms with Crippen LogP contribution in [0.25, 0.3) is 0 Å². The lowest BCUT2D eigenvalue weighted by Gasteiger charge is -2.04. The second kappa shape index (κ2) is 6.73. The molecule has 0 radical (unpaired) electrons. The second-order valence-electron chi connectivity index (χ2n) is 4.20. The largest absolute Gasteiger partial charge is 0.320 e. The van der Waals surface area contributed by atoms with Crippen LogP contribution in [-0.2, 0) is 4.79 Å². The SMILES string of the molecule is Cc1cccc(N/N=C(\Cl)C(=O)Nc2ccccc2)c1. The van der Waals surface area contributed by atoms with Gasteiger partial charge in [-0.2, -0.15) is 5.10 Å². The molecule has 2 aromatic carbocycles. The predicted molar refractivity (Wildman–Crippen MR) is 83.2 cm³/mol. The van der Waals surface area contributed by atoms with Gasteiger partial charge >= 0.3 is 0 Å². The van der Waals surface area contributed by atoms with E-state index in [0.717, 1.165) is 11.3 Å². The molecule has 0 atom stereocenters. The number of carbonyl (C=O) groups excluding carboxylic acids is 1. The molecule has 5 heteroatoms. The Hall–Kier alpha value is -2.33. The Balaban J connectivity index is 1.98. The number of benzene rings is 2. The molecular formula is C15H14ClN3O. The average molecular weight is 288 g/mol. The third-order valence-corrected chi connectivity index (χ3v) is 2.78. The van der Waals surface area contributed by atoms with E-state index in [1.165, 1.54) is 0 Å². The number of halogens is 1. The standard InChI is InChI=1S/C15H14ClN3O/c1-11-6-5-9-13(10-11)18-19-14(16)15(20)17-12-7-3-2-4-8-12/h2-10,18H,1H3,(H,17,20)/b19-14-. The zero-order valence-electron chi connectivity index (χ0n) is 10.9. The second-order valence-corrected chi connectivity index (χ2v) is 4.56. The molecule has 2 aromatic rings. The number of anilines is 2. The lowest BCUT2D eigenvalue weighted by molar-refractivity contribution is -0.110. The quantitative estimate of drug-likeness (QED) is 0.667. The van der Waals surface area contributed by atoms with Gasteiger partial charge in [-0.15, -0.1) is 0 Å². The lowest BCUT2D eigenvalue weighted by Crippen LogP contribution is -2.19. The number of aryl methyl sites for hydroxylation is 1. The normalized spacial score (nSPS) is 11.0. The Morgan fingerprint density at radius 2 is 1.75 bits per heavy atom. The minimum absolute atomic E-state index is 0.157. The summed E-state index contributed by atoms with van der Waals surface area (Å²) in [5, 5.41) is 6.34. The van der Waals surface area contributed by atoms with Gasteiger partial charge in [-0.3, -0.25) is 10.2 Å². The summed E-state index contributed by atoms with van der Waals surface area (Å²) in [5.41, 5.74) is 5.28. The van der Waals surface area contributed by atoms with Crippen molar-refractivity contribution in [3.05, 3.63) is 60.2 Å². The highest BCUT2D eigenvalue weighted by atomic mass is 35.5. The molecule has 0 saturated heterocycles. The minimum Gasteiger partial charge on any atom is -0.320 e. The topological polar surface area (TPSA) is 53.5 Å². The summed E-state index contributed by atoms with van der Waals surface area (Å²) in [4.78, 5) is 11.8. The lowest BCUT2D eigenvalue weighted by atomic mass is 10.2. The molecule has 2 rings (SSSR count). The highest BCUT2D eigenvalue weighted by molar-refractivity contribution is 6.84. The zero-order valence-corrected chi connectivity index (χ0v) is 11.7. The van der Waals surface area contributed by atoms with Gasteiger partial charge in [0.1, 0.15) is 0 Å². The molecule has 0 aromatic heterocycles. The Morgan fingerprint density at radius 3 is 2.45 bits per heavy atom. The maximum atomic E-state index is 11.8. The van der Waals surface area contributed by atoms with Gasteiger partial charge in [-0.1, -0.05) is 41.9 Å². The number of para-hydroxylation sites is 1. The summed E-state index contributed by atoms with van der Waals surface area (Å²) >= 11 is 5.85. The van der Waals surface area contributed by atoms with E-state index in [1.54, 1.807) is 12.1 Å². The average Bonchev–Trinajstić information content (AvgIpc) is 2.46. The Morgan fingerprint density at radius 1 is 1.05 bits per heavy atom. The number of hydrogen-bond donors (Lipinski definition) is 2. The molecule has 0 unspecified atom stereocenters. The van der Waals surface area contributed by atoms with Gasteiger partial charge in [-0.05, 0) is 36.8 Å². The van der Waals surface area contributed by atoms with Crippen LogP contribution in [0.3, 0.4) is 0 Å². The highest BCUT2D eigenvalue weighted by Gasteiger charge is 2.08. The van der Waals surface area contributed by atoms with Gasteiger partial charge in [-0.25, -0.2) is 0 Å². The number of hydrogen-bond acceptors (Lipinski definition) is 3. The predicted octanol–water partition coefficient (Wildman–Crippen LogP) is 3.60. The Labute approximate surface area is 122 Å². The van der Waals surface area contributed by atoms with Gasteiger partial charge < -0.3 is 5.32 Å².